The highest BCUT2D eigenvalue weighted by Gasteiger charge is 2.15. The van der Waals surface area contributed by atoms with E-state index in [-0.39, 0.29) is 17.0 Å². The first-order valence-electron chi connectivity index (χ1n) is 7.17. The molecule has 2 aromatic rings. The molecule has 1 atom stereocenters. The molecule has 1 heterocycles. The summed E-state index contributed by atoms with van der Waals surface area (Å²) in [5.74, 6) is -0.378. The Balaban J connectivity index is 1.79. The van der Waals surface area contributed by atoms with Crippen molar-refractivity contribution < 1.29 is 9.18 Å². The number of halogens is 2. The van der Waals surface area contributed by atoms with Gasteiger partial charge in [0.25, 0.3) is 0 Å². The third kappa shape index (κ3) is 3.07. The van der Waals surface area contributed by atoms with Gasteiger partial charge in [0.05, 0.1) is 5.02 Å². The zero-order chi connectivity index (χ0) is 15.7. The highest BCUT2D eigenvalue weighted by molar-refractivity contribution is 6.30. The van der Waals surface area contributed by atoms with E-state index >= 15 is 0 Å². The summed E-state index contributed by atoms with van der Waals surface area (Å²) < 4.78 is 13.2. The van der Waals surface area contributed by atoms with E-state index in [4.69, 9.17) is 11.6 Å². The number of aryl methyl sites for hydroxylation is 1. The van der Waals surface area contributed by atoms with Crippen LogP contribution in [0.2, 0.25) is 5.02 Å². The lowest BCUT2D eigenvalue weighted by atomic mass is 10.0. The number of benzene rings is 2. The molecule has 0 aliphatic carbocycles. The number of hydrogen-bond acceptors (Lipinski definition) is 2. The molecule has 1 aliphatic heterocycles. The van der Waals surface area contributed by atoms with E-state index in [0.717, 1.165) is 28.9 Å². The molecular formula is C17H16ClFN2O. The maximum atomic E-state index is 13.2. The van der Waals surface area contributed by atoms with Crippen LogP contribution >= 0.6 is 11.6 Å². The van der Waals surface area contributed by atoms with Gasteiger partial charge >= 0.3 is 0 Å². The van der Waals surface area contributed by atoms with E-state index in [1.165, 1.54) is 6.07 Å². The third-order valence-corrected chi connectivity index (χ3v) is 4.12. The van der Waals surface area contributed by atoms with Gasteiger partial charge in [0, 0.05) is 23.8 Å². The second-order valence-corrected chi connectivity index (χ2v) is 5.87. The predicted molar refractivity (Wildman–Crippen MR) is 86.8 cm³/mol. The Morgan fingerprint density at radius 2 is 2.05 bits per heavy atom. The van der Waals surface area contributed by atoms with E-state index in [2.05, 4.69) is 10.6 Å². The lowest BCUT2D eigenvalue weighted by Crippen LogP contribution is -2.19. The van der Waals surface area contributed by atoms with Crippen LogP contribution in [0.15, 0.2) is 36.4 Å². The predicted octanol–water partition coefficient (Wildman–Crippen LogP) is 4.54. The number of fused-ring (bicyclic) bond motifs is 1. The van der Waals surface area contributed by atoms with E-state index < -0.39 is 5.82 Å². The van der Waals surface area contributed by atoms with Crippen molar-refractivity contribution in [3.05, 3.63) is 58.4 Å². The molecule has 0 saturated heterocycles. The number of nitrogens with one attached hydrogen (secondary N) is 2. The van der Waals surface area contributed by atoms with Crippen LogP contribution in [-0.2, 0) is 11.2 Å². The molecule has 2 N–H and O–H groups in total. The number of carbonyl (C=O) groups excluding carboxylic acids is 1. The van der Waals surface area contributed by atoms with Gasteiger partial charge in [0.15, 0.2) is 0 Å². The average molecular weight is 319 g/mol. The van der Waals surface area contributed by atoms with Crippen LogP contribution in [0.1, 0.15) is 30.5 Å². The first kappa shape index (κ1) is 14.9. The van der Waals surface area contributed by atoms with Crippen molar-refractivity contribution in [2.24, 2.45) is 0 Å². The minimum Gasteiger partial charge on any atom is -0.378 e. The lowest BCUT2D eigenvalue weighted by molar-refractivity contribution is -0.116. The quantitative estimate of drug-likeness (QED) is 0.872. The summed E-state index contributed by atoms with van der Waals surface area (Å²) in [6, 6.07) is 10.6. The standard InChI is InChI=1S/C17H16ClFN2O/c1-10(12-3-6-15(19)14(18)8-12)20-13-5-2-11-4-7-17(22)21-16(11)9-13/h2-3,5-6,8-10,20H,4,7H2,1H3,(H,21,22). The molecule has 1 amide bonds. The Hall–Kier alpha value is -2.07. The van der Waals surface area contributed by atoms with Crippen LogP contribution in [0.4, 0.5) is 15.8 Å². The summed E-state index contributed by atoms with van der Waals surface area (Å²) in [4.78, 5) is 11.5. The normalized spacial score (nSPS) is 15.0. The van der Waals surface area contributed by atoms with Crippen LogP contribution in [0.5, 0.6) is 0 Å². The van der Waals surface area contributed by atoms with Crippen molar-refractivity contribution in [2.45, 2.75) is 25.8 Å². The Kier molecular flexibility index (Phi) is 4.03. The van der Waals surface area contributed by atoms with E-state index in [0.29, 0.717) is 6.42 Å². The molecule has 0 bridgehead atoms. The van der Waals surface area contributed by atoms with Gasteiger partial charge in [-0.2, -0.15) is 0 Å². The average Bonchev–Trinajstić information content (AvgIpc) is 2.49. The molecule has 3 nitrogen and oxygen atoms in total. The summed E-state index contributed by atoms with van der Waals surface area (Å²) in [6.45, 7) is 1.97. The summed E-state index contributed by atoms with van der Waals surface area (Å²) in [5.41, 5.74) is 3.79. The van der Waals surface area contributed by atoms with Crippen LogP contribution in [0.3, 0.4) is 0 Å². The van der Waals surface area contributed by atoms with Crippen molar-refractivity contribution in [3.63, 3.8) is 0 Å². The SMILES string of the molecule is CC(Nc1ccc2c(c1)NC(=O)CC2)c1ccc(F)c(Cl)c1. The largest absolute Gasteiger partial charge is 0.378 e. The van der Waals surface area contributed by atoms with Gasteiger partial charge in [0.1, 0.15) is 5.82 Å². The summed E-state index contributed by atoms with van der Waals surface area (Å²) >= 11 is 5.82. The smallest absolute Gasteiger partial charge is 0.224 e. The Labute approximate surface area is 133 Å². The number of amides is 1. The minimum atomic E-state index is -0.422. The van der Waals surface area contributed by atoms with Gasteiger partial charge in [-0.1, -0.05) is 23.7 Å². The number of carbonyl (C=O) groups is 1. The van der Waals surface area contributed by atoms with Gasteiger partial charge in [-0.05, 0) is 48.7 Å². The number of anilines is 2. The molecule has 114 valence electrons. The molecule has 0 spiro atoms. The molecule has 0 aromatic heterocycles. The number of rotatable bonds is 3. The second-order valence-electron chi connectivity index (χ2n) is 5.46. The van der Waals surface area contributed by atoms with Crippen LogP contribution in [0, 0.1) is 5.82 Å². The topological polar surface area (TPSA) is 41.1 Å². The Morgan fingerprint density at radius 3 is 2.82 bits per heavy atom. The lowest BCUT2D eigenvalue weighted by Gasteiger charge is -2.20. The molecule has 0 saturated carbocycles. The summed E-state index contributed by atoms with van der Waals surface area (Å²) in [7, 11) is 0. The van der Waals surface area contributed by atoms with Crippen molar-refractivity contribution >= 4 is 28.9 Å². The van der Waals surface area contributed by atoms with Gasteiger partial charge < -0.3 is 10.6 Å². The first-order valence-corrected chi connectivity index (χ1v) is 7.55. The van der Waals surface area contributed by atoms with Crippen LogP contribution in [-0.4, -0.2) is 5.91 Å². The molecular weight excluding hydrogens is 303 g/mol. The molecule has 5 heteroatoms. The maximum absolute atomic E-state index is 13.2. The molecule has 22 heavy (non-hydrogen) atoms. The molecule has 1 aliphatic rings. The van der Waals surface area contributed by atoms with E-state index in [1.54, 1.807) is 12.1 Å². The maximum Gasteiger partial charge on any atom is 0.224 e. The fraction of sp³-hybridized carbons (Fsp3) is 0.235. The van der Waals surface area contributed by atoms with Crippen LogP contribution < -0.4 is 10.6 Å². The highest BCUT2D eigenvalue weighted by Crippen LogP contribution is 2.29. The highest BCUT2D eigenvalue weighted by atomic mass is 35.5. The molecule has 1 unspecified atom stereocenters. The first-order chi connectivity index (χ1) is 10.5. The van der Waals surface area contributed by atoms with Crippen LogP contribution in [0.25, 0.3) is 0 Å². The van der Waals surface area contributed by atoms with Gasteiger partial charge in [-0.25, -0.2) is 4.39 Å². The fourth-order valence-electron chi connectivity index (χ4n) is 2.58. The molecule has 0 fully saturated rings. The zero-order valence-electron chi connectivity index (χ0n) is 12.1. The van der Waals surface area contributed by atoms with E-state index in [1.807, 2.05) is 25.1 Å². The summed E-state index contributed by atoms with van der Waals surface area (Å²) in [5, 5.41) is 6.33. The zero-order valence-corrected chi connectivity index (χ0v) is 12.9. The van der Waals surface area contributed by atoms with Gasteiger partial charge in [-0.3, -0.25) is 4.79 Å². The molecule has 2 aromatic carbocycles. The van der Waals surface area contributed by atoms with Gasteiger partial charge in [0.2, 0.25) is 5.91 Å². The fourth-order valence-corrected chi connectivity index (χ4v) is 2.77. The third-order valence-electron chi connectivity index (χ3n) is 3.83. The minimum absolute atomic E-state index is 0.0320. The Bertz CT molecular complexity index is 733. The van der Waals surface area contributed by atoms with Crippen molar-refractivity contribution in [3.8, 4) is 0 Å². The number of hydrogen-bond donors (Lipinski definition) is 2. The molecule has 3 rings (SSSR count). The second kappa shape index (κ2) is 5.97. The summed E-state index contributed by atoms with van der Waals surface area (Å²) in [6.07, 6.45) is 1.30. The van der Waals surface area contributed by atoms with Crippen molar-refractivity contribution in [1.82, 2.24) is 0 Å². The van der Waals surface area contributed by atoms with Gasteiger partial charge in [-0.15, -0.1) is 0 Å². The monoisotopic (exact) mass is 318 g/mol. The van der Waals surface area contributed by atoms with Crippen molar-refractivity contribution in [2.75, 3.05) is 10.6 Å². The Morgan fingerprint density at radius 1 is 1.23 bits per heavy atom. The molecule has 0 radical (unpaired) electrons. The van der Waals surface area contributed by atoms with Crippen molar-refractivity contribution in [1.29, 1.82) is 0 Å². The van der Waals surface area contributed by atoms with E-state index in [9.17, 15) is 9.18 Å².